The molecule has 0 radical (unpaired) electrons. The molecule has 1 aliphatic rings. The third-order valence-corrected chi connectivity index (χ3v) is 1.85. The van der Waals surface area contributed by atoms with Crippen LogP contribution in [0.4, 0.5) is 0 Å². The Morgan fingerprint density at radius 1 is 1.44 bits per heavy atom. The first-order valence-corrected chi connectivity index (χ1v) is 3.63. The lowest BCUT2D eigenvalue weighted by atomic mass is 10.2. The maximum Gasteiger partial charge on any atom is 0.0810 e. The molecule has 0 spiro atoms. The Balaban J connectivity index is 2.20. The van der Waals surface area contributed by atoms with Crippen molar-refractivity contribution in [3.8, 4) is 0 Å². The van der Waals surface area contributed by atoms with E-state index in [4.69, 9.17) is 9.84 Å². The average Bonchev–Trinajstić information content (AvgIpc) is 2.34. The van der Waals surface area contributed by atoms with Gasteiger partial charge in [0.2, 0.25) is 0 Å². The molecule has 0 unspecified atom stereocenters. The third-order valence-electron chi connectivity index (χ3n) is 1.85. The quantitative estimate of drug-likeness (QED) is 0.602. The topological polar surface area (TPSA) is 29.5 Å². The molecule has 1 N–H and O–H groups in total. The van der Waals surface area contributed by atoms with Gasteiger partial charge in [-0.15, -0.1) is 0 Å². The highest BCUT2D eigenvalue weighted by Crippen LogP contribution is 2.20. The summed E-state index contributed by atoms with van der Waals surface area (Å²) in [5.74, 6) is 0. The number of aliphatic hydroxyl groups excluding tert-OH is 1. The molecule has 0 aromatic rings. The number of aliphatic hydroxyl groups is 1. The molecule has 54 valence electrons. The monoisotopic (exact) mass is 130 g/mol. The van der Waals surface area contributed by atoms with Gasteiger partial charge in [-0.25, -0.2) is 0 Å². The van der Waals surface area contributed by atoms with Crippen molar-refractivity contribution in [2.24, 2.45) is 0 Å². The minimum absolute atomic E-state index is 0.134. The molecule has 0 bridgehead atoms. The predicted octanol–water partition coefficient (Wildman–Crippen LogP) is 0.936. The minimum Gasteiger partial charge on any atom is -0.394 e. The second kappa shape index (κ2) is 3.18. The fourth-order valence-corrected chi connectivity index (χ4v) is 1.21. The summed E-state index contributed by atoms with van der Waals surface area (Å²) in [5, 5.41) is 8.65. The molecule has 1 aliphatic heterocycles. The summed E-state index contributed by atoms with van der Waals surface area (Å²) in [5.41, 5.74) is 0. The second-order valence-electron chi connectivity index (χ2n) is 2.55. The highest BCUT2D eigenvalue weighted by Gasteiger charge is 2.22. The Kier molecular flexibility index (Phi) is 2.49. The van der Waals surface area contributed by atoms with Gasteiger partial charge in [-0.05, 0) is 19.3 Å². The van der Waals surface area contributed by atoms with Crippen LogP contribution in [0.2, 0.25) is 0 Å². The lowest BCUT2D eigenvalue weighted by Gasteiger charge is -2.08. The maximum atomic E-state index is 8.65. The van der Waals surface area contributed by atoms with Crippen LogP contribution in [-0.2, 0) is 4.74 Å². The molecule has 1 saturated heterocycles. The van der Waals surface area contributed by atoms with Gasteiger partial charge in [-0.1, -0.05) is 6.92 Å². The molecule has 2 heteroatoms. The predicted molar refractivity (Wildman–Crippen MR) is 35.3 cm³/mol. The van der Waals surface area contributed by atoms with Crippen LogP contribution in [0, 0.1) is 0 Å². The van der Waals surface area contributed by atoms with Gasteiger partial charge in [0, 0.05) is 0 Å². The molecule has 0 aliphatic carbocycles. The summed E-state index contributed by atoms with van der Waals surface area (Å²) in [7, 11) is 0. The smallest absolute Gasteiger partial charge is 0.0810 e. The van der Waals surface area contributed by atoms with Gasteiger partial charge >= 0.3 is 0 Å². The van der Waals surface area contributed by atoms with E-state index in [1.807, 2.05) is 0 Å². The Hall–Kier alpha value is -0.0800. The summed E-state index contributed by atoms with van der Waals surface area (Å²) < 4.78 is 5.41. The zero-order chi connectivity index (χ0) is 6.69. The molecule has 0 aromatic carbocycles. The first-order valence-electron chi connectivity index (χ1n) is 3.63. The third kappa shape index (κ3) is 1.66. The van der Waals surface area contributed by atoms with Crippen molar-refractivity contribution in [3.05, 3.63) is 0 Å². The zero-order valence-corrected chi connectivity index (χ0v) is 5.84. The molecule has 0 amide bonds. The van der Waals surface area contributed by atoms with E-state index >= 15 is 0 Å². The molecule has 2 atom stereocenters. The molecule has 2 nitrogen and oxygen atoms in total. The molecular formula is C7H14O2. The standard InChI is InChI=1S/C7H14O2/c1-2-6-3-4-7(5-8)9-6/h6-8H,2-5H2,1H3/t6-,7-/m0/s1. The SMILES string of the molecule is CC[C@H]1CC[C@@H](CO)O1. The van der Waals surface area contributed by atoms with Crippen molar-refractivity contribution in [3.63, 3.8) is 0 Å². The van der Waals surface area contributed by atoms with Crippen LogP contribution in [0.5, 0.6) is 0 Å². The summed E-state index contributed by atoms with van der Waals surface area (Å²) in [6, 6.07) is 0. The molecule has 9 heavy (non-hydrogen) atoms. The van der Waals surface area contributed by atoms with Crippen LogP contribution < -0.4 is 0 Å². The van der Waals surface area contributed by atoms with Gasteiger partial charge in [0.15, 0.2) is 0 Å². The van der Waals surface area contributed by atoms with Gasteiger partial charge < -0.3 is 9.84 Å². The summed E-state index contributed by atoms with van der Waals surface area (Å²) in [6.07, 6.45) is 3.80. The van der Waals surface area contributed by atoms with Crippen molar-refractivity contribution in [1.82, 2.24) is 0 Å². The number of ether oxygens (including phenoxy) is 1. The number of hydrogen-bond donors (Lipinski definition) is 1. The first-order chi connectivity index (χ1) is 4.36. The van der Waals surface area contributed by atoms with Gasteiger partial charge in [-0.3, -0.25) is 0 Å². The van der Waals surface area contributed by atoms with E-state index in [0.29, 0.717) is 6.10 Å². The highest BCUT2D eigenvalue weighted by atomic mass is 16.5. The first kappa shape index (κ1) is 7.03. The summed E-state index contributed by atoms with van der Waals surface area (Å²) in [4.78, 5) is 0. The molecule has 1 heterocycles. The minimum atomic E-state index is 0.134. The Morgan fingerprint density at radius 2 is 2.11 bits per heavy atom. The van der Waals surface area contributed by atoms with Crippen molar-refractivity contribution in [1.29, 1.82) is 0 Å². The molecule has 1 rings (SSSR count). The van der Waals surface area contributed by atoms with Gasteiger partial charge in [-0.2, -0.15) is 0 Å². The number of rotatable bonds is 2. The molecule has 0 aromatic heterocycles. The lowest BCUT2D eigenvalue weighted by Crippen LogP contribution is -2.13. The van der Waals surface area contributed by atoms with E-state index in [9.17, 15) is 0 Å². The van der Waals surface area contributed by atoms with E-state index in [1.165, 1.54) is 0 Å². The fourth-order valence-electron chi connectivity index (χ4n) is 1.21. The van der Waals surface area contributed by atoms with E-state index in [1.54, 1.807) is 0 Å². The van der Waals surface area contributed by atoms with Crippen LogP contribution in [0.3, 0.4) is 0 Å². The van der Waals surface area contributed by atoms with Crippen molar-refractivity contribution < 1.29 is 9.84 Å². The van der Waals surface area contributed by atoms with Crippen molar-refractivity contribution >= 4 is 0 Å². The van der Waals surface area contributed by atoms with Gasteiger partial charge in [0.25, 0.3) is 0 Å². The molecule has 1 fully saturated rings. The van der Waals surface area contributed by atoms with E-state index in [0.717, 1.165) is 19.3 Å². The van der Waals surface area contributed by atoms with Crippen LogP contribution in [0.1, 0.15) is 26.2 Å². The van der Waals surface area contributed by atoms with Crippen molar-refractivity contribution in [2.75, 3.05) is 6.61 Å². The summed E-state index contributed by atoms with van der Waals surface area (Å²) >= 11 is 0. The van der Waals surface area contributed by atoms with Crippen LogP contribution in [0.15, 0.2) is 0 Å². The fraction of sp³-hybridized carbons (Fsp3) is 1.00. The summed E-state index contributed by atoms with van der Waals surface area (Å²) in [6.45, 7) is 2.31. The zero-order valence-electron chi connectivity index (χ0n) is 5.84. The average molecular weight is 130 g/mol. The van der Waals surface area contributed by atoms with Crippen molar-refractivity contribution in [2.45, 2.75) is 38.4 Å². The van der Waals surface area contributed by atoms with Crippen LogP contribution >= 0.6 is 0 Å². The second-order valence-corrected chi connectivity index (χ2v) is 2.55. The van der Waals surface area contributed by atoms with E-state index in [-0.39, 0.29) is 12.7 Å². The molecular weight excluding hydrogens is 116 g/mol. The molecule has 0 saturated carbocycles. The highest BCUT2D eigenvalue weighted by molar-refractivity contribution is 4.71. The normalized spacial score (nSPS) is 35.3. The van der Waals surface area contributed by atoms with E-state index < -0.39 is 0 Å². The maximum absolute atomic E-state index is 8.65. The van der Waals surface area contributed by atoms with Gasteiger partial charge in [0.05, 0.1) is 18.8 Å². The van der Waals surface area contributed by atoms with Gasteiger partial charge in [0.1, 0.15) is 0 Å². The van der Waals surface area contributed by atoms with Crippen LogP contribution in [-0.4, -0.2) is 23.9 Å². The Bertz CT molecular complexity index is 73.0. The lowest BCUT2D eigenvalue weighted by molar-refractivity contribution is 0.0106. The number of hydrogen-bond acceptors (Lipinski definition) is 2. The Morgan fingerprint density at radius 3 is 2.44 bits per heavy atom. The Labute approximate surface area is 55.8 Å². The van der Waals surface area contributed by atoms with Crippen LogP contribution in [0.25, 0.3) is 0 Å². The van der Waals surface area contributed by atoms with E-state index in [2.05, 4.69) is 6.92 Å². The largest absolute Gasteiger partial charge is 0.394 e.